The van der Waals surface area contributed by atoms with Crippen molar-refractivity contribution in [3.05, 3.63) is 47.3 Å². The molecule has 124 valence electrons. The normalized spacial score (nSPS) is 28.1. The summed E-state index contributed by atoms with van der Waals surface area (Å²) in [5.41, 5.74) is 4.18. The molecule has 0 spiro atoms. The second-order valence-electron chi connectivity index (χ2n) is 7.53. The number of allylic oxidation sites excluding steroid dienone is 1. The number of aryl methyl sites for hydroxylation is 1. The van der Waals surface area contributed by atoms with Gasteiger partial charge >= 0.3 is 5.97 Å². The lowest BCUT2D eigenvalue weighted by molar-refractivity contribution is 0.00934. The molecular weight excluding hydrogens is 300 g/mol. The number of hydrogen-bond acceptors (Lipinski definition) is 3. The van der Waals surface area contributed by atoms with E-state index in [1.54, 1.807) is 6.20 Å². The van der Waals surface area contributed by atoms with E-state index in [0.717, 1.165) is 35.2 Å². The number of benzene rings is 1. The number of rotatable bonds is 2. The van der Waals surface area contributed by atoms with Crippen LogP contribution in [-0.2, 0) is 4.74 Å². The molecule has 3 fully saturated rings. The molecular formula is C20H22N2O2. The molecule has 24 heavy (non-hydrogen) atoms. The van der Waals surface area contributed by atoms with Crippen molar-refractivity contribution in [3.8, 4) is 0 Å². The van der Waals surface area contributed by atoms with E-state index in [1.807, 2.05) is 25.1 Å². The molecule has 1 aromatic heterocycles. The Morgan fingerprint density at radius 3 is 3.08 bits per heavy atom. The van der Waals surface area contributed by atoms with E-state index in [2.05, 4.69) is 16.0 Å². The van der Waals surface area contributed by atoms with E-state index < -0.39 is 0 Å². The van der Waals surface area contributed by atoms with Crippen molar-refractivity contribution in [3.63, 3.8) is 0 Å². The number of piperidine rings is 3. The fraction of sp³-hybridized carbons (Fsp3) is 0.450. The van der Waals surface area contributed by atoms with Gasteiger partial charge in [0.2, 0.25) is 0 Å². The molecule has 3 unspecified atom stereocenters. The number of H-pyrrole nitrogens is 1. The van der Waals surface area contributed by atoms with Crippen LogP contribution < -0.4 is 0 Å². The molecule has 1 aromatic carbocycles. The fourth-order valence-electron chi connectivity index (χ4n) is 4.74. The van der Waals surface area contributed by atoms with Gasteiger partial charge in [-0.25, -0.2) is 4.79 Å². The molecule has 3 saturated heterocycles. The van der Waals surface area contributed by atoms with Gasteiger partial charge in [0, 0.05) is 41.8 Å². The Kier molecular flexibility index (Phi) is 3.02. The summed E-state index contributed by atoms with van der Waals surface area (Å²) in [7, 11) is 0. The molecule has 4 aliphatic heterocycles. The third-order valence-electron chi connectivity index (χ3n) is 5.89. The van der Waals surface area contributed by atoms with Crippen molar-refractivity contribution >= 4 is 16.9 Å². The van der Waals surface area contributed by atoms with E-state index in [-0.39, 0.29) is 12.1 Å². The van der Waals surface area contributed by atoms with Gasteiger partial charge in [-0.05, 0) is 50.3 Å². The molecule has 4 heteroatoms. The number of fused-ring (bicyclic) bond motifs is 2. The predicted molar refractivity (Wildman–Crippen MR) is 92.8 cm³/mol. The highest BCUT2D eigenvalue weighted by molar-refractivity contribution is 6.04. The molecule has 2 aromatic rings. The second-order valence-corrected chi connectivity index (χ2v) is 7.53. The Balaban J connectivity index is 1.40. The highest BCUT2D eigenvalue weighted by Gasteiger charge is 2.41. The average Bonchev–Trinajstić information content (AvgIpc) is 2.97. The van der Waals surface area contributed by atoms with Gasteiger partial charge in [-0.15, -0.1) is 0 Å². The van der Waals surface area contributed by atoms with Crippen molar-refractivity contribution in [2.75, 3.05) is 6.54 Å². The van der Waals surface area contributed by atoms with Gasteiger partial charge in [0.15, 0.2) is 0 Å². The Morgan fingerprint density at radius 2 is 2.25 bits per heavy atom. The van der Waals surface area contributed by atoms with Gasteiger partial charge in [0.05, 0.1) is 5.56 Å². The van der Waals surface area contributed by atoms with Crippen LogP contribution in [0, 0.1) is 12.8 Å². The maximum atomic E-state index is 12.7. The molecule has 6 rings (SSSR count). The summed E-state index contributed by atoms with van der Waals surface area (Å²) < 4.78 is 5.87. The Hall–Kier alpha value is -2.23. The Bertz CT molecular complexity index is 850. The highest BCUT2D eigenvalue weighted by atomic mass is 16.5. The van der Waals surface area contributed by atoms with Crippen LogP contribution in [0.15, 0.2) is 36.2 Å². The third kappa shape index (κ3) is 2.16. The number of esters is 1. The molecule has 4 aliphatic rings. The van der Waals surface area contributed by atoms with Gasteiger partial charge in [-0.3, -0.25) is 0 Å². The van der Waals surface area contributed by atoms with Crippen LogP contribution in [-0.4, -0.2) is 34.5 Å². The van der Waals surface area contributed by atoms with Crippen molar-refractivity contribution in [1.82, 2.24) is 9.88 Å². The van der Waals surface area contributed by atoms with E-state index in [4.69, 9.17) is 4.74 Å². The van der Waals surface area contributed by atoms with Gasteiger partial charge in [-0.2, -0.15) is 0 Å². The maximum absolute atomic E-state index is 12.7. The highest BCUT2D eigenvalue weighted by Crippen LogP contribution is 2.43. The summed E-state index contributed by atoms with van der Waals surface area (Å²) in [6.07, 6.45) is 8.57. The van der Waals surface area contributed by atoms with Crippen LogP contribution in [0.1, 0.15) is 41.6 Å². The lowest BCUT2D eigenvalue weighted by Crippen LogP contribution is -2.51. The Labute approximate surface area is 141 Å². The molecule has 1 N–H and O–H groups in total. The first kappa shape index (κ1) is 14.1. The molecule has 4 nitrogen and oxygen atoms in total. The summed E-state index contributed by atoms with van der Waals surface area (Å²) in [5.74, 6) is 0.633. The third-order valence-corrected chi connectivity index (χ3v) is 5.89. The monoisotopic (exact) mass is 322 g/mol. The summed E-state index contributed by atoms with van der Waals surface area (Å²) in [5, 5.41) is 0.950. The first-order chi connectivity index (χ1) is 11.7. The van der Waals surface area contributed by atoms with Crippen molar-refractivity contribution < 1.29 is 9.53 Å². The number of carbonyl (C=O) groups is 1. The predicted octanol–water partition coefficient (Wildman–Crippen LogP) is 3.77. The molecule has 0 saturated carbocycles. The van der Waals surface area contributed by atoms with Crippen LogP contribution in [0.5, 0.6) is 0 Å². The summed E-state index contributed by atoms with van der Waals surface area (Å²) in [6.45, 7) is 3.22. The van der Waals surface area contributed by atoms with Crippen molar-refractivity contribution in [2.24, 2.45) is 5.92 Å². The Morgan fingerprint density at radius 1 is 1.33 bits per heavy atom. The summed E-state index contributed by atoms with van der Waals surface area (Å²) >= 11 is 0. The zero-order valence-electron chi connectivity index (χ0n) is 13.9. The van der Waals surface area contributed by atoms with Gasteiger partial charge < -0.3 is 14.6 Å². The van der Waals surface area contributed by atoms with Crippen LogP contribution >= 0.6 is 0 Å². The fourth-order valence-corrected chi connectivity index (χ4v) is 4.74. The minimum Gasteiger partial charge on any atom is -0.454 e. The van der Waals surface area contributed by atoms with Crippen molar-refractivity contribution in [1.29, 1.82) is 0 Å². The van der Waals surface area contributed by atoms with Gasteiger partial charge in [0.25, 0.3) is 0 Å². The van der Waals surface area contributed by atoms with Crippen LogP contribution in [0.2, 0.25) is 0 Å². The number of nitrogens with zero attached hydrogens (tertiary/aromatic N) is 1. The zero-order chi connectivity index (χ0) is 16.3. The molecule has 0 aliphatic carbocycles. The number of aromatic nitrogens is 1. The minimum absolute atomic E-state index is 0.0810. The smallest absolute Gasteiger partial charge is 0.340 e. The quantitative estimate of drug-likeness (QED) is 0.856. The van der Waals surface area contributed by atoms with Crippen LogP contribution in [0.4, 0.5) is 0 Å². The SMILES string of the molecule is Cc1ccc2[nH]cc(C(=O)OC3C=C4CC5CCN4C(C5)C3)c2c1. The summed E-state index contributed by atoms with van der Waals surface area (Å²) in [4.78, 5) is 18.4. The number of ether oxygens (including phenoxy) is 1. The maximum Gasteiger partial charge on any atom is 0.340 e. The zero-order valence-corrected chi connectivity index (χ0v) is 13.9. The lowest BCUT2D eigenvalue weighted by atomic mass is 9.76. The molecule has 5 heterocycles. The molecule has 0 radical (unpaired) electrons. The molecule has 4 bridgehead atoms. The average molecular weight is 322 g/mol. The number of aromatic amines is 1. The van der Waals surface area contributed by atoms with E-state index in [1.165, 1.54) is 25.1 Å². The largest absolute Gasteiger partial charge is 0.454 e. The minimum atomic E-state index is -0.214. The summed E-state index contributed by atoms with van der Waals surface area (Å²) in [6, 6.07) is 6.67. The van der Waals surface area contributed by atoms with Gasteiger partial charge in [0.1, 0.15) is 6.10 Å². The van der Waals surface area contributed by atoms with Crippen LogP contribution in [0.25, 0.3) is 10.9 Å². The number of nitrogens with one attached hydrogen (secondary N) is 1. The second kappa shape index (κ2) is 5.13. The van der Waals surface area contributed by atoms with Crippen LogP contribution in [0.3, 0.4) is 0 Å². The van der Waals surface area contributed by atoms with Gasteiger partial charge in [-0.1, -0.05) is 11.6 Å². The number of hydrogen-bond donors (Lipinski definition) is 1. The molecule has 0 amide bonds. The topological polar surface area (TPSA) is 45.3 Å². The number of carbonyl (C=O) groups excluding carboxylic acids is 1. The van der Waals surface area contributed by atoms with E-state index in [9.17, 15) is 4.79 Å². The first-order valence-electron chi connectivity index (χ1n) is 8.93. The van der Waals surface area contributed by atoms with E-state index in [0.29, 0.717) is 11.6 Å². The first-order valence-corrected chi connectivity index (χ1v) is 8.93. The van der Waals surface area contributed by atoms with Crippen molar-refractivity contribution in [2.45, 2.75) is 44.8 Å². The van der Waals surface area contributed by atoms with E-state index >= 15 is 0 Å². The standard InChI is InChI=1S/C20H22N2O2/c1-12-2-3-19-17(6-12)18(11-21-19)20(23)24-16-9-14-7-13-4-5-22(14)15(8-13)10-16/h2-3,6,9,11,13,15-16,21H,4-5,7-8,10H2,1H3. The molecule has 3 atom stereocenters. The lowest BCUT2D eigenvalue weighted by Gasteiger charge is -2.51.